The van der Waals surface area contributed by atoms with Crippen LogP contribution in [0.25, 0.3) is 31.3 Å². The second kappa shape index (κ2) is 10.8. The number of fused-ring (bicyclic) bond motifs is 3. The van der Waals surface area contributed by atoms with Crippen LogP contribution in [0.15, 0.2) is 126 Å². The average molecular weight is 510 g/mol. The molecule has 1 heterocycles. The van der Waals surface area contributed by atoms with Gasteiger partial charge in [-0.1, -0.05) is 116 Å². The molecule has 0 bridgehead atoms. The molecule has 1 nitrogen and oxygen atoms in total. The summed E-state index contributed by atoms with van der Waals surface area (Å²) in [6.45, 7) is 4.41. The Balaban J connectivity index is 1.40. The fraction of sp³-hybridized carbons (Fsp3) is 0.139. The van der Waals surface area contributed by atoms with Crippen molar-refractivity contribution in [1.82, 2.24) is 0 Å². The van der Waals surface area contributed by atoms with Gasteiger partial charge < -0.3 is 0 Å². The van der Waals surface area contributed by atoms with E-state index in [0.29, 0.717) is 5.92 Å². The van der Waals surface area contributed by atoms with E-state index < -0.39 is 0 Å². The number of benzene rings is 5. The molecule has 6 rings (SSSR count). The van der Waals surface area contributed by atoms with E-state index in [0.717, 1.165) is 24.2 Å². The largest absolute Gasteiger partial charge is 0.253 e. The lowest BCUT2D eigenvalue weighted by Crippen LogP contribution is -2.08. The monoisotopic (exact) mass is 509 g/mol. The van der Waals surface area contributed by atoms with Gasteiger partial charge in [0.05, 0.1) is 5.69 Å². The zero-order valence-corrected chi connectivity index (χ0v) is 22.7. The molecule has 0 radical (unpaired) electrons. The van der Waals surface area contributed by atoms with Crippen molar-refractivity contribution in [1.29, 1.82) is 0 Å². The van der Waals surface area contributed by atoms with Gasteiger partial charge >= 0.3 is 0 Å². The van der Waals surface area contributed by atoms with E-state index in [1.54, 1.807) is 0 Å². The van der Waals surface area contributed by atoms with Gasteiger partial charge in [0.1, 0.15) is 0 Å². The van der Waals surface area contributed by atoms with Crippen LogP contribution < -0.4 is 0 Å². The Morgan fingerprint density at radius 1 is 0.711 bits per heavy atom. The summed E-state index contributed by atoms with van der Waals surface area (Å²) in [6.07, 6.45) is 1.98. The van der Waals surface area contributed by atoms with Crippen LogP contribution in [-0.4, -0.2) is 5.71 Å². The van der Waals surface area contributed by atoms with Crippen molar-refractivity contribution in [3.05, 3.63) is 138 Å². The Hall–Kier alpha value is -4.01. The number of aryl methyl sites for hydroxylation is 1. The molecular formula is C36H31NS. The van der Waals surface area contributed by atoms with Crippen LogP contribution in [0, 0.1) is 6.92 Å². The molecule has 0 saturated carbocycles. The first-order chi connectivity index (χ1) is 18.7. The summed E-state index contributed by atoms with van der Waals surface area (Å²) in [6, 6.07) is 43.7. The summed E-state index contributed by atoms with van der Waals surface area (Å²) in [4.78, 5) is 5.24. The normalized spacial score (nSPS) is 12.7. The summed E-state index contributed by atoms with van der Waals surface area (Å²) >= 11 is 1.88. The zero-order valence-electron chi connectivity index (χ0n) is 21.9. The highest BCUT2D eigenvalue weighted by Gasteiger charge is 2.16. The molecule has 0 N–H and O–H groups in total. The van der Waals surface area contributed by atoms with Crippen LogP contribution in [0.4, 0.5) is 5.69 Å². The van der Waals surface area contributed by atoms with E-state index in [1.807, 2.05) is 11.3 Å². The topological polar surface area (TPSA) is 12.4 Å². The van der Waals surface area contributed by atoms with Gasteiger partial charge in [-0.05, 0) is 65.6 Å². The number of aliphatic imine (C=N–C) groups is 1. The maximum Gasteiger partial charge on any atom is 0.0662 e. The Morgan fingerprint density at radius 2 is 1.42 bits per heavy atom. The molecule has 0 aliphatic rings. The summed E-state index contributed by atoms with van der Waals surface area (Å²) in [7, 11) is 0. The number of nitrogens with zero attached hydrogens (tertiary/aromatic N) is 1. The smallest absolute Gasteiger partial charge is 0.0662 e. The first kappa shape index (κ1) is 24.3. The molecule has 38 heavy (non-hydrogen) atoms. The van der Waals surface area contributed by atoms with Crippen LogP contribution in [0.2, 0.25) is 0 Å². The Labute approximate surface area is 229 Å². The first-order valence-electron chi connectivity index (χ1n) is 13.4. The predicted octanol–water partition coefficient (Wildman–Crippen LogP) is 10.7. The Morgan fingerprint density at radius 3 is 2.21 bits per heavy atom. The summed E-state index contributed by atoms with van der Waals surface area (Å²) in [5.41, 5.74) is 8.49. The molecule has 0 aliphatic carbocycles. The molecular weight excluding hydrogens is 478 g/mol. The van der Waals surface area contributed by atoms with E-state index in [1.165, 1.54) is 48.0 Å². The van der Waals surface area contributed by atoms with Crippen molar-refractivity contribution < 1.29 is 0 Å². The lowest BCUT2D eigenvalue weighted by molar-refractivity contribution is 0.691. The third-order valence-electron chi connectivity index (χ3n) is 7.51. The van der Waals surface area contributed by atoms with Gasteiger partial charge in [-0.15, -0.1) is 11.3 Å². The number of rotatable bonds is 7. The summed E-state index contributed by atoms with van der Waals surface area (Å²) in [5.74, 6) is 0.422. The lowest BCUT2D eigenvalue weighted by atomic mass is 9.88. The predicted molar refractivity (Wildman–Crippen MR) is 166 cm³/mol. The molecule has 1 atom stereocenters. The standard InChI is InChI=1S/C36H31NS/c1-3-26(27-13-5-4-6-14-27)24-34(37-33-18-9-7-12-25(33)2)29-22-20-28(21-23-29)30-16-11-17-32-31-15-8-10-19-35(31)38-36(30)32/h4-23,26H,3,24H2,1-2H3. The van der Waals surface area contributed by atoms with Crippen molar-refractivity contribution >= 4 is 42.9 Å². The first-order valence-corrected chi connectivity index (χ1v) is 14.2. The number of para-hydroxylation sites is 1. The molecule has 0 aliphatic heterocycles. The van der Waals surface area contributed by atoms with Gasteiger partial charge in [-0.25, -0.2) is 0 Å². The summed E-state index contributed by atoms with van der Waals surface area (Å²) in [5, 5.41) is 2.67. The van der Waals surface area contributed by atoms with E-state index in [4.69, 9.17) is 4.99 Å². The average Bonchev–Trinajstić information content (AvgIpc) is 3.36. The van der Waals surface area contributed by atoms with Gasteiger partial charge in [-0.2, -0.15) is 0 Å². The maximum absolute atomic E-state index is 5.24. The van der Waals surface area contributed by atoms with Crippen molar-refractivity contribution in [2.24, 2.45) is 4.99 Å². The van der Waals surface area contributed by atoms with Crippen molar-refractivity contribution in [3.63, 3.8) is 0 Å². The summed E-state index contributed by atoms with van der Waals surface area (Å²) < 4.78 is 2.69. The van der Waals surface area contributed by atoms with Crippen LogP contribution in [0.5, 0.6) is 0 Å². The quantitative estimate of drug-likeness (QED) is 0.190. The maximum atomic E-state index is 5.24. The fourth-order valence-corrected chi connectivity index (χ4v) is 6.57. The lowest BCUT2D eigenvalue weighted by Gasteiger charge is -2.18. The minimum absolute atomic E-state index is 0.422. The minimum atomic E-state index is 0.422. The number of hydrogen-bond donors (Lipinski definition) is 0. The number of thiophene rings is 1. The molecule has 2 heteroatoms. The van der Waals surface area contributed by atoms with E-state index in [9.17, 15) is 0 Å². The molecule has 0 spiro atoms. The van der Waals surface area contributed by atoms with E-state index >= 15 is 0 Å². The third-order valence-corrected chi connectivity index (χ3v) is 8.73. The number of hydrogen-bond acceptors (Lipinski definition) is 2. The molecule has 1 unspecified atom stereocenters. The SMILES string of the molecule is CCC(CC(=Nc1ccccc1C)c1ccc(-c2cccc3c2sc2ccccc23)cc1)c1ccccc1. The van der Waals surface area contributed by atoms with Crippen LogP contribution in [0.3, 0.4) is 0 Å². The van der Waals surface area contributed by atoms with Gasteiger partial charge in [0, 0.05) is 25.9 Å². The van der Waals surface area contributed by atoms with Crippen LogP contribution >= 0.6 is 11.3 Å². The van der Waals surface area contributed by atoms with Crippen molar-refractivity contribution in [2.75, 3.05) is 0 Å². The van der Waals surface area contributed by atoms with Gasteiger partial charge in [0.15, 0.2) is 0 Å². The second-order valence-corrected chi connectivity index (χ2v) is 11.0. The van der Waals surface area contributed by atoms with E-state index in [2.05, 4.69) is 135 Å². The zero-order chi connectivity index (χ0) is 25.9. The minimum Gasteiger partial charge on any atom is -0.253 e. The van der Waals surface area contributed by atoms with Crippen LogP contribution in [0.1, 0.15) is 42.4 Å². The van der Waals surface area contributed by atoms with Gasteiger partial charge in [-0.3, -0.25) is 4.99 Å². The fourth-order valence-electron chi connectivity index (χ4n) is 5.34. The highest BCUT2D eigenvalue weighted by molar-refractivity contribution is 7.26. The van der Waals surface area contributed by atoms with Crippen molar-refractivity contribution in [2.45, 2.75) is 32.6 Å². The molecule has 5 aromatic carbocycles. The molecule has 0 fully saturated rings. The highest BCUT2D eigenvalue weighted by atomic mass is 32.1. The molecule has 6 aromatic rings. The van der Waals surface area contributed by atoms with Gasteiger partial charge in [0.2, 0.25) is 0 Å². The molecule has 186 valence electrons. The molecule has 0 saturated heterocycles. The molecule has 1 aromatic heterocycles. The Bertz CT molecular complexity index is 1730. The van der Waals surface area contributed by atoms with Crippen molar-refractivity contribution in [3.8, 4) is 11.1 Å². The highest BCUT2D eigenvalue weighted by Crippen LogP contribution is 2.40. The third kappa shape index (κ3) is 4.80. The molecule has 0 amide bonds. The van der Waals surface area contributed by atoms with E-state index in [-0.39, 0.29) is 0 Å². The second-order valence-electron chi connectivity index (χ2n) is 9.92. The Kier molecular flexibility index (Phi) is 6.90. The van der Waals surface area contributed by atoms with Gasteiger partial charge in [0.25, 0.3) is 0 Å². The van der Waals surface area contributed by atoms with Crippen LogP contribution in [-0.2, 0) is 0 Å².